The summed E-state index contributed by atoms with van der Waals surface area (Å²) in [6, 6.07) is 0. The van der Waals surface area contributed by atoms with E-state index >= 15 is 0 Å². The Kier molecular flexibility index (Phi) is 14.1. The van der Waals surface area contributed by atoms with Crippen LogP contribution in [0, 0.1) is 5.92 Å². The van der Waals surface area contributed by atoms with Crippen LogP contribution in [0.4, 0.5) is 0 Å². The number of hydrogen-bond donors (Lipinski definition) is 0. The first-order valence-corrected chi connectivity index (χ1v) is 19.3. The number of cyclic esters (lactones) is 1. The van der Waals surface area contributed by atoms with Gasteiger partial charge >= 0.3 is 5.97 Å². The minimum absolute atomic E-state index is 0.0221. The standard InChI is InChI=1S/C37H58O6Si/c1-27-21-22-40-31(24-27)19-20-34(39-7)35-17-11-16-33(43-44(8,9)37(4,5)6)26-29(3)23-28(2)25-32-15-10-13-30(41-32)14-12-18-36(38)42-35/h10-13,16,18-21,28,30-35H,3,14-15,17,22-26H2,1-2,4-9H3/t28-,30-,31+,32-,33+,34-,35-/m0/s1. The van der Waals surface area contributed by atoms with Crippen molar-refractivity contribution in [3.05, 3.63) is 72.4 Å². The second-order valence-electron chi connectivity index (χ2n) is 14.4. The maximum absolute atomic E-state index is 13.0. The van der Waals surface area contributed by atoms with Gasteiger partial charge in [-0.25, -0.2) is 4.79 Å². The average molecular weight is 627 g/mol. The number of ether oxygens (including phenoxy) is 4. The van der Waals surface area contributed by atoms with Crippen molar-refractivity contribution in [1.29, 1.82) is 0 Å². The van der Waals surface area contributed by atoms with E-state index in [2.05, 4.69) is 84.7 Å². The molecule has 0 spiro atoms. The van der Waals surface area contributed by atoms with Gasteiger partial charge in [0, 0.05) is 19.6 Å². The third-order valence-electron chi connectivity index (χ3n) is 9.19. The largest absolute Gasteiger partial charge is 0.456 e. The van der Waals surface area contributed by atoms with Crippen molar-refractivity contribution in [2.24, 2.45) is 5.92 Å². The summed E-state index contributed by atoms with van der Waals surface area (Å²) < 4.78 is 31.1. The molecule has 0 aromatic rings. The molecule has 0 saturated heterocycles. The Labute approximate surface area is 268 Å². The summed E-state index contributed by atoms with van der Waals surface area (Å²) in [5.41, 5.74) is 2.50. The maximum atomic E-state index is 13.0. The zero-order valence-corrected chi connectivity index (χ0v) is 29.6. The Bertz CT molecular complexity index is 1090. The molecule has 2 bridgehead atoms. The van der Waals surface area contributed by atoms with Crippen molar-refractivity contribution >= 4 is 14.3 Å². The number of hydrogen-bond acceptors (Lipinski definition) is 6. The van der Waals surface area contributed by atoms with E-state index in [1.807, 2.05) is 18.2 Å². The smallest absolute Gasteiger partial charge is 0.330 e. The second kappa shape index (κ2) is 17.0. The number of carbonyl (C=O) groups excluding carboxylic acids is 1. The first-order chi connectivity index (χ1) is 20.8. The van der Waals surface area contributed by atoms with E-state index in [0.29, 0.717) is 25.4 Å². The zero-order chi connectivity index (χ0) is 32.3. The Balaban J connectivity index is 1.87. The summed E-state index contributed by atoms with van der Waals surface area (Å²) >= 11 is 0. The van der Waals surface area contributed by atoms with Crippen molar-refractivity contribution < 1.29 is 28.2 Å². The Hall–Kier alpha value is -2.03. The van der Waals surface area contributed by atoms with Gasteiger partial charge in [-0.3, -0.25) is 0 Å². The Morgan fingerprint density at radius 3 is 2.52 bits per heavy atom. The molecule has 3 rings (SSSR count). The van der Waals surface area contributed by atoms with E-state index in [1.54, 1.807) is 7.11 Å². The molecule has 0 radical (unpaired) electrons. The molecule has 0 saturated carbocycles. The monoisotopic (exact) mass is 626 g/mol. The maximum Gasteiger partial charge on any atom is 0.330 e. The number of fused-ring (bicyclic) bond motifs is 2. The van der Waals surface area contributed by atoms with Gasteiger partial charge in [0.15, 0.2) is 8.32 Å². The predicted molar refractivity (Wildman–Crippen MR) is 182 cm³/mol. The lowest BCUT2D eigenvalue weighted by molar-refractivity contribution is -0.148. The van der Waals surface area contributed by atoms with E-state index in [0.717, 1.165) is 32.1 Å². The predicted octanol–water partition coefficient (Wildman–Crippen LogP) is 8.58. The van der Waals surface area contributed by atoms with Crippen molar-refractivity contribution in [1.82, 2.24) is 0 Å². The molecule has 0 unspecified atom stereocenters. The van der Waals surface area contributed by atoms with Crippen LogP contribution in [0.1, 0.15) is 79.6 Å². The Morgan fingerprint density at radius 1 is 1.07 bits per heavy atom. The lowest BCUT2D eigenvalue weighted by Gasteiger charge is -2.39. The van der Waals surface area contributed by atoms with Crippen LogP contribution in [0.3, 0.4) is 0 Å². The fourth-order valence-corrected chi connectivity index (χ4v) is 6.97. The summed E-state index contributed by atoms with van der Waals surface area (Å²) in [6.45, 7) is 20.8. The summed E-state index contributed by atoms with van der Waals surface area (Å²) in [5.74, 6) is 0.0627. The fourth-order valence-electron chi connectivity index (χ4n) is 5.70. The minimum atomic E-state index is -2.05. The fraction of sp³-hybridized carbons (Fsp3) is 0.649. The highest BCUT2D eigenvalue weighted by molar-refractivity contribution is 6.74. The van der Waals surface area contributed by atoms with Crippen LogP contribution in [0.25, 0.3) is 0 Å². The molecule has 0 amide bonds. The summed E-state index contributed by atoms with van der Waals surface area (Å²) in [6.07, 6.45) is 22.6. The third-order valence-corrected chi connectivity index (χ3v) is 13.7. The molecule has 3 heterocycles. The van der Waals surface area contributed by atoms with Crippen LogP contribution in [-0.2, 0) is 28.2 Å². The highest BCUT2D eigenvalue weighted by Gasteiger charge is 2.39. The second-order valence-corrected chi connectivity index (χ2v) is 19.1. The first-order valence-electron chi connectivity index (χ1n) is 16.4. The van der Waals surface area contributed by atoms with Crippen LogP contribution in [-0.4, -0.2) is 64.6 Å². The molecule has 3 aliphatic heterocycles. The van der Waals surface area contributed by atoms with Gasteiger partial charge in [0.1, 0.15) is 12.2 Å². The summed E-state index contributed by atoms with van der Waals surface area (Å²) in [5, 5.41) is 0.0783. The van der Waals surface area contributed by atoms with Crippen LogP contribution in [0.5, 0.6) is 0 Å². The number of carbonyl (C=O) groups is 1. The van der Waals surface area contributed by atoms with Crippen molar-refractivity contribution in [3.63, 3.8) is 0 Å². The molecule has 6 nitrogen and oxygen atoms in total. The zero-order valence-electron chi connectivity index (χ0n) is 28.6. The van der Waals surface area contributed by atoms with E-state index in [9.17, 15) is 4.79 Å². The lowest BCUT2D eigenvalue weighted by Crippen LogP contribution is -2.43. The highest BCUT2D eigenvalue weighted by atomic mass is 28.4. The van der Waals surface area contributed by atoms with Crippen molar-refractivity contribution in [2.45, 2.75) is 134 Å². The van der Waals surface area contributed by atoms with Crippen molar-refractivity contribution in [2.75, 3.05) is 13.7 Å². The van der Waals surface area contributed by atoms with Crippen molar-refractivity contribution in [3.8, 4) is 0 Å². The van der Waals surface area contributed by atoms with E-state index < -0.39 is 20.5 Å². The molecule has 0 aromatic carbocycles. The molecule has 7 heteroatoms. The molecule has 7 atom stereocenters. The first kappa shape index (κ1) is 36.4. The summed E-state index contributed by atoms with van der Waals surface area (Å²) in [4.78, 5) is 13.0. The molecule has 0 aliphatic carbocycles. The molecule has 44 heavy (non-hydrogen) atoms. The molecular weight excluding hydrogens is 568 g/mol. The van der Waals surface area contributed by atoms with E-state index in [1.165, 1.54) is 17.2 Å². The SMILES string of the molecule is C=C1C[C@H](C)C[C@@H]2CC=C[C@@H](CC=CC(=O)O[C@H]([C@H](C=C[C@@H]3CC(C)=CCO3)OC)CC=C[C@@H](O[Si](C)(C)C(C)(C)C)C1)O2. The lowest BCUT2D eigenvalue weighted by atomic mass is 9.91. The van der Waals surface area contributed by atoms with Crippen LogP contribution < -0.4 is 0 Å². The number of esters is 1. The van der Waals surface area contributed by atoms with Gasteiger partial charge in [0.2, 0.25) is 0 Å². The summed E-state index contributed by atoms with van der Waals surface area (Å²) in [7, 11) is -0.403. The number of methoxy groups -OCH3 is 1. The average Bonchev–Trinajstić information content (AvgIpc) is 2.92. The molecule has 0 N–H and O–H groups in total. The van der Waals surface area contributed by atoms with Gasteiger partial charge < -0.3 is 23.4 Å². The van der Waals surface area contributed by atoms with Gasteiger partial charge in [-0.1, -0.05) is 94.0 Å². The third kappa shape index (κ3) is 12.0. The van der Waals surface area contributed by atoms with Gasteiger partial charge in [-0.05, 0) is 69.5 Å². The molecule has 3 aliphatic rings. The van der Waals surface area contributed by atoms with Gasteiger partial charge in [-0.2, -0.15) is 0 Å². The minimum Gasteiger partial charge on any atom is -0.456 e. The van der Waals surface area contributed by atoms with Crippen LogP contribution in [0.2, 0.25) is 18.1 Å². The highest BCUT2D eigenvalue weighted by Crippen LogP contribution is 2.38. The van der Waals surface area contributed by atoms with Crippen LogP contribution >= 0.6 is 0 Å². The van der Waals surface area contributed by atoms with Gasteiger partial charge in [-0.15, -0.1) is 0 Å². The van der Waals surface area contributed by atoms with Crippen LogP contribution in [0.15, 0.2) is 72.4 Å². The number of rotatable bonds is 6. The topological polar surface area (TPSA) is 63.2 Å². The van der Waals surface area contributed by atoms with E-state index in [-0.39, 0.29) is 35.4 Å². The molecule has 0 fully saturated rings. The molecule has 0 aromatic heterocycles. The molecular formula is C37H58O6Si. The quantitative estimate of drug-likeness (QED) is 0.167. The van der Waals surface area contributed by atoms with Gasteiger partial charge in [0.25, 0.3) is 0 Å². The Morgan fingerprint density at radius 2 is 1.82 bits per heavy atom. The van der Waals surface area contributed by atoms with Gasteiger partial charge in [0.05, 0.1) is 31.0 Å². The van der Waals surface area contributed by atoms with E-state index in [4.69, 9.17) is 23.4 Å². The molecule has 246 valence electrons. The normalized spacial score (nSPS) is 30.9.